The number of carbonyl (C=O) groups excluding carboxylic acids is 1. The molecule has 0 N–H and O–H groups in total. The zero-order valence-electron chi connectivity index (χ0n) is 10.3. The maximum atomic E-state index is 10.5. The summed E-state index contributed by atoms with van der Waals surface area (Å²) >= 11 is 0. The molecule has 0 unspecified atom stereocenters. The standard InChI is InChI=1S/C14H19NO/c1-14(2)7-8-15(3)13-10-11(6-9-16)4-5-12(13)14/h4-5,9-10H,6-8H2,1-3H3. The maximum Gasteiger partial charge on any atom is 0.124 e. The second-order valence-electron chi connectivity index (χ2n) is 5.28. The molecule has 0 spiro atoms. The third kappa shape index (κ3) is 1.84. The van der Waals surface area contributed by atoms with Gasteiger partial charge in [0.05, 0.1) is 0 Å². The molecule has 2 nitrogen and oxygen atoms in total. The third-order valence-corrected chi connectivity index (χ3v) is 3.59. The van der Waals surface area contributed by atoms with Gasteiger partial charge in [0.2, 0.25) is 0 Å². The zero-order chi connectivity index (χ0) is 11.8. The van der Waals surface area contributed by atoms with E-state index in [2.05, 4.69) is 44.0 Å². The summed E-state index contributed by atoms with van der Waals surface area (Å²) in [6, 6.07) is 6.42. The minimum absolute atomic E-state index is 0.252. The second kappa shape index (κ2) is 3.93. The first-order valence-corrected chi connectivity index (χ1v) is 5.83. The molecule has 1 heterocycles. The van der Waals surface area contributed by atoms with Crippen molar-refractivity contribution >= 4 is 12.0 Å². The molecule has 2 rings (SSSR count). The highest BCUT2D eigenvalue weighted by molar-refractivity contribution is 5.63. The lowest BCUT2D eigenvalue weighted by Gasteiger charge is -2.38. The number of hydrogen-bond donors (Lipinski definition) is 0. The average molecular weight is 217 g/mol. The third-order valence-electron chi connectivity index (χ3n) is 3.59. The summed E-state index contributed by atoms with van der Waals surface area (Å²) in [5.74, 6) is 0. The van der Waals surface area contributed by atoms with Gasteiger partial charge in [0.1, 0.15) is 6.29 Å². The molecule has 16 heavy (non-hydrogen) atoms. The van der Waals surface area contributed by atoms with Crippen LogP contribution in [0.2, 0.25) is 0 Å². The Morgan fingerprint density at radius 1 is 1.44 bits per heavy atom. The fourth-order valence-corrected chi connectivity index (χ4v) is 2.39. The zero-order valence-corrected chi connectivity index (χ0v) is 10.3. The Kier molecular flexibility index (Phi) is 2.75. The van der Waals surface area contributed by atoms with Gasteiger partial charge in [0.25, 0.3) is 0 Å². The highest BCUT2D eigenvalue weighted by Crippen LogP contribution is 2.39. The van der Waals surface area contributed by atoms with E-state index in [9.17, 15) is 4.79 Å². The molecule has 0 aliphatic carbocycles. The van der Waals surface area contributed by atoms with Gasteiger partial charge in [-0.3, -0.25) is 0 Å². The van der Waals surface area contributed by atoms with Crippen molar-refractivity contribution < 1.29 is 4.79 Å². The number of carbonyl (C=O) groups is 1. The predicted molar refractivity (Wildman–Crippen MR) is 67.1 cm³/mol. The van der Waals surface area contributed by atoms with Gasteiger partial charge in [0, 0.05) is 25.7 Å². The van der Waals surface area contributed by atoms with Crippen LogP contribution in [0.3, 0.4) is 0 Å². The van der Waals surface area contributed by atoms with Gasteiger partial charge in [-0.15, -0.1) is 0 Å². The molecule has 0 saturated carbocycles. The molecule has 86 valence electrons. The number of rotatable bonds is 2. The largest absolute Gasteiger partial charge is 0.374 e. The van der Waals surface area contributed by atoms with Crippen LogP contribution in [0.15, 0.2) is 18.2 Å². The molecule has 0 aromatic heterocycles. The molecule has 1 aliphatic rings. The van der Waals surface area contributed by atoms with E-state index in [-0.39, 0.29) is 5.41 Å². The Morgan fingerprint density at radius 3 is 2.88 bits per heavy atom. The van der Waals surface area contributed by atoms with E-state index in [0.29, 0.717) is 6.42 Å². The molecule has 1 aromatic carbocycles. The highest BCUT2D eigenvalue weighted by Gasteiger charge is 2.29. The lowest BCUT2D eigenvalue weighted by atomic mass is 9.77. The summed E-state index contributed by atoms with van der Waals surface area (Å²) in [5.41, 5.74) is 4.05. The first-order chi connectivity index (χ1) is 7.54. The van der Waals surface area contributed by atoms with Crippen LogP contribution >= 0.6 is 0 Å². The van der Waals surface area contributed by atoms with Crippen molar-refractivity contribution in [2.75, 3.05) is 18.5 Å². The molecule has 0 fully saturated rings. The summed E-state index contributed by atoms with van der Waals surface area (Å²) in [4.78, 5) is 12.8. The van der Waals surface area contributed by atoms with Crippen molar-refractivity contribution in [1.82, 2.24) is 0 Å². The number of anilines is 1. The number of nitrogens with zero attached hydrogens (tertiary/aromatic N) is 1. The van der Waals surface area contributed by atoms with Gasteiger partial charge in [-0.1, -0.05) is 26.0 Å². The van der Waals surface area contributed by atoms with Crippen molar-refractivity contribution in [2.45, 2.75) is 32.1 Å². The van der Waals surface area contributed by atoms with E-state index in [1.165, 1.54) is 17.7 Å². The summed E-state index contributed by atoms with van der Waals surface area (Å²) in [6.07, 6.45) is 2.67. The van der Waals surface area contributed by atoms with Crippen molar-refractivity contribution in [3.8, 4) is 0 Å². The van der Waals surface area contributed by atoms with Crippen LogP contribution in [0, 0.1) is 0 Å². The second-order valence-corrected chi connectivity index (χ2v) is 5.28. The first kappa shape index (κ1) is 11.2. The smallest absolute Gasteiger partial charge is 0.124 e. The van der Waals surface area contributed by atoms with Crippen LogP contribution in [0.25, 0.3) is 0 Å². The van der Waals surface area contributed by atoms with E-state index in [0.717, 1.165) is 18.4 Å². The molecule has 1 aromatic rings. The van der Waals surface area contributed by atoms with E-state index in [4.69, 9.17) is 0 Å². The van der Waals surface area contributed by atoms with E-state index >= 15 is 0 Å². The van der Waals surface area contributed by atoms with Crippen LogP contribution in [-0.4, -0.2) is 19.9 Å². The Labute approximate surface area is 97.3 Å². The van der Waals surface area contributed by atoms with Crippen molar-refractivity contribution in [2.24, 2.45) is 0 Å². The Bertz CT molecular complexity index is 409. The number of aldehydes is 1. The van der Waals surface area contributed by atoms with Crippen LogP contribution in [-0.2, 0) is 16.6 Å². The van der Waals surface area contributed by atoms with Crippen molar-refractivity contribution in [3.63, 3.8) is 0 Å². The highest BCUT2D eigenvalue weighted by atomic mass is 16.1. The van der Waals surface area contributed by atoms with E-state index < -0.39 is 0 Å². The molecule has 0 bridgehead atoms. The van der Waals surface area contributed by atoms with Gasteiger partial charge < -0.3 is 9.69 Å². The summed E-state index contributed by atoms with van der Waals surface area (Å²) in [5, 5.41) is 0. The Balaban J connectivity index is 2.47. The lowest BCUT2D eigenvalue weighted by molar-refractivity contribution is -0.107. The number of hydrogen-bond acceptors (Lipinski definition) is 2. The summed E-state index contributed by atoms with van der Waals surface area (Å²) in [7, 11) is 2.12. The SMILES string of the molecule is CN1CCC(C)(C)c2ccc(CC=O)cc21. The molecular weight excluding hydrogens is 198 g/mol. The fourth-order valence-electron chi connectivity index (χ4n) is 2.39. The maximum absolute atomic E-state index is 10.5. The summed E-state index contributed by atoms with van der Waals surface area (Å²) < 4.78 is 0. The van der Waals surface area contributed by atoms with Crippen LogP contribution in [0.5, 0.6) is 0 Å². The molecule has 0 atom stereocenters. The van der Waals surface area contributed by atoms with Gasteiger partial charge in [-0.2, -0.15) is 0 Å². The minimum Gasteiger partial charge on any atom is -0.374 e. The van der Waals surface area contributed by atoms with Crippen molar-refractivity contribution in [3.05, 3.63) is 29.3 Å². The predicted octanol–water partition coefficient (Wildman–Crippen LogP) is 2.55. The molecule has 1 aliphatic heterocycles. The van der Waals surface area contributed by atoms with Gasteiger partial charge in [-0.05, 0) is 29.0 Å². The van der Waals surface area contributed by atoms with Gasteiger partial charge in [0.15, 0.2) is 0 Å². The lowest BCUT2D eigenvalue weighted by Crippen LogP contribution is -2.34. The topological polar surface area (TPSA) is 20.3 Å². The minimum atomic E-state index is 0.252. The van der Waals surface area contributed by atoms with Crippen LogP contribution in [0.1, 0.15) is 31.4 Å². The average Bonchev–Trinajstić information content (AvgIpc) is 2.25. The van der Waals surface area contributed by atoms with E-state index in [1.807, 2.05) is 0 Å². The normalized spacial score (nSPS) is 18.1. The number of fused-ring (bicyclic) bond motifs is 1. The molecule has 0 saturated heterocycles. The van der Waals surface area contributed by atoms with Crippen LogP contribution < -0.4 is 4.90 Å². The molecule has 2 heteroatoms. The van der Waals surface area contributed by atoms with E-state index in [1.54, 1.807) is 0 Å². The van der Waals surface area contributed by atoms with Crippen molar-refractivity contribution in [1.29, 1.82) is 0 Å². The first-order valence-electron chi connectivity index (χ1n) is 5.83. The Hall–Kier alpha value is -1.31. The quantitative estimate of drug-likeness (QED) is 0.710. The molecular formula is C14H19NO. The molecule has 0 radical (unpaired) electrons. The van der Waals surface area contributed by atoms with Gasteiger partial charge in [-0.25, -0.2) is 0 Å². The Morgan fingerprint density at radius 2 is 2.19 bits per heavy atom. The monoisotopic (exact) mass is 217 g/mol. The van der Waals surface area contributed by atoms with Crippen LogP contribution in [0.4, 0.5) is 5.69 Å². The molecule has 0 amide bonds. The number of benzene rings is 1. The summed E-state index contributed by atoms with van der Waals surface area (Å²) in [6.45, 7) is 5.67. The van der Waals surface area contributed by atoms with Gasteiger partial charge >= 0.3 is 0 Å². The fraction of sp³-hybridized carbons (Fsp3) is 0.500.